The fourth-order valence-electron chi connectivity index (χ4n) is 2.25. The van der Waals surface area contributed by atoms with Gasteiger partial charge in [0.05, 0.1) is 25.8 Å². The molecule has 0 aromatic heterocycles. The maximum Gasteiger partial charge on any atom is 0.323 e. The van der Waals surface area contributed by atoms with Gasteiger partial charge in [-0.2, -0.15) is 5.26 Å². The lowest BCUT2D eigenvalue weighted by Crippen LogP contribution is -2.53. The predicted molar refractivity (Wildman–Crippen MR) is 75.0 cm³/mol. The lowest BCUT2D eigenvalue weighted by atomic mass is 9.90. The molecule has 1 rings (SSSR count). The summed E-state index contributed by atoms with van der Waals surface area (Å²) in [5.41, 5.74) is -0.962. The first-order valence-electron chi connectivity index (χ1n) is 6.95. The van der Waals surface area contributed by atoms with Crippen molar-refractivity contribution < 1.29 is 19.4 Å². The number of aliphatic hydroxyl groups is 1. The molecular formula is C14H23N3O4. The Bertz CT molecular complexity index is 446. The second-order valence-corrected chi connectivity index (χ2v) is 5.87. The zero-order valence-electron chi connectivity index (χ0n) is 12.9. The molecule has 0 radical (unpaired) electrons. The summed E-state index contributed by atoms with van der Waals surface area (Å²) in [7, 11) is 1.27. The molecular weight excluding hydrogens is 274 g/mol. The number of ether oxygens (including phenoxy) is 1. The summed E-state index contributed by atoms with van der Waals surface area (Å²) in [6.45, 7) is 5.53. The predicted octanol–water partition coefficient (Wildman–Crippen LogP) is -0.351. The second kappa shape index (κ2) is 6.87. The lowest BCUT2D eigenvalue weighted by Gasteiger charge is -2.29. The summed E-state index contributed by atoms with van der Waals surface area (Å²) in [6.07, 6.45) is -0.408. The first-order valence-corrected chi connectivity index (χ1v) is 6.95. The SMILES string of the molecule is COC(=O)[C@H]1C[C@H](O)CN1CC(=O)NC(C)(C#N)C(C)C. The highest BCUT2D eigenvalue weighted by atomic mass is 16.5. The average Bonchev–Trinajstić information content (AvgIpc) is 2.77. The molecule has 1 aliphatic heterocycles. The molecule has 7 nitrogen and oxygen atoms in total. The molecule has 21 heavy (non-hydrogen) atoms. The number of amides is 1. The molecule has 1 saturated heterocycles. The van der Waals surface area contributed by atoms with Crippen molar-refractivity contribution in [1.29, 1.82) is 5.26 Å². The zero-order valence-corrected chi connectivity index (χ0v) is 12.9. The van der Waals surface area contributed by atoms with Crippen LogP contribution < -0.4 is 5.32 Å². The summed E-state index contributed by atoms with van der Waals surface area (Å²) in [5.74, 6) is -0.867. The fourth-order valence-corrected chi connectivity index (χ4v) is 2.25. The van der Waals surface area contributed by atoms with Crippen LogP contribution in [-0.4, -0.2) is 59.8 Å². The number of nitriles is 1. The molecule has 1 heterocycles. The van der Waals surface area contributed by atoms with Crippen LogP contribution >= 0.6 is 0 Å². The molecule has 1 amide bonds. The molecule has 0 spiro atoms. The Kier molecular flexibility index (Phi) is 5.70. The number of nitrogens with one attached hydrogen (secondary N) is 1. The van der Waals surface area contributed by atoms with Gasteiger partial charge in [-0.25, -0.2) is 0 Å². The lowest BCUT2D eigenvalue weighted by molar-refractivity contribution is -0.146. The molecule has 2 N–H and O–H groups in total. The molecule has 7 heteroatoms. The van der Waals surface area contributed by atoms with Crippen molar-refractivity contribution in [3.05, 3.63) is 0 Å². The van der Waals surface area contributed by atoms with Crippen LogP contribution in [0.25, 0.3) is 0 Å². The standard InChI is InChI=1S/C14H23N3O4/c1-9(2)14(3,8-15)16-12(19)7-17-6-10(18)5-11(17)13(20)21-4/h9-11,18H,5-7H2,1-4H3,(H,16,19)/t10-,11+,14?/m0/s1. The zero-order chi connectivity index (χ0) is 16.2. The van der Waals surface area contributed by atoms with Crippen molar-refractivity contribution in [2.75, 3.05) is 20.2 Å². The average molecular weight is 297 g/mol. The Morgan fingerprint density at radius 1 is 1.57 bits per heavy atom. The molecule has 0 saturated carbocycles. The Balaban J connectivity index is 2.69. The van der Waals surface area contributed by atoms with Gasteiger partial charge in [-0.15, -0.1) is 0 Å². The third-order valence-corrected chi connectivity index (χ3v) is 3.99. The first kappa shape index (κ1) is 17.4. The fraction of sp³-hybridized carbons (Fsp3) is 0.786. The van der Waals surface area contributed by atoms with E-state index < -0.39 is 23.7 Å². The van der Waals surface area contributed by atoms with Crippen molar-refractivity contribution >= 4 is 11.9 Å². The Morgan fingerprint density at radius 2 is 2.19 bits per heavy atom. The highest BCUT2D eigenvalue weighted by molar-refractivity contribution is 5.81. The molecule has 3 atom stereocenters. The third-order valence-electron chi connectivity index (χ3n) is 3.99. The van der Waals surface area contributed by atoms with E-state index in [0.717, 1.165) is 0 Å². The molecule has 0 aromatic carbocycles. The van der Waals surface area contributed by atoms with Crippen molar-refractivity contribution in [2.24, 2.45) is 5.92 Å². The quantitative estimate of drug-likeness (QED) is 0.672. The Hall–Kier alpha value is -1.65. The number of methoxy groups -OCH3 is 1. The number of hydrogen-bond acceptors (Lipinski definition) is 6. The largest absolute Gasteiger partial charge is 0.468 e. The second-order valence-electron chi connectivity index (χ2n) is 5.87. The van der Waals surface area contributed by atoms with Crippen molar-refractivity contribution in [2.45, 2.75) is 44.9 Å². The number of hydrogen-bond donors (Lipinski definition) is 2. The van der Waals surface area contributed by atoms with Gasteiger partial charge in [0.15, 0.2) is 0 Å². The molecule has 1 unspecified atom stereocenters. The Labute approximate surface area is 124 Å². The van der Waals surface area contributed by atoms with Crippen LogP contribution in [-0.2, 0) is 14.3 Å². The monoisotopic (exact) mass is 297 g/mol. The van der Waals surface area contributed by atoms with Gasteiger partial charge < -0.3 is 15.2 Å². The number of carbonyl (C=O) groups excluding carboxylic acids is 2. The Morgan fingerprint density at radius 3 is 2.67 bits per heavy atom. The maximum absolute atomic E-state index is 12.1. The first-order chi connectivity index (χ1) is 9.73. The van der Waals surface area contributed by atoms with E-state index in [1.807, 2.05) is 13.8 Å². The van der Waals surface area contributed by atoms with Gasteiger partial charge in [0, 0.05) is 13.0 Å². The number of esters is 1. The molecule has 0 bridgehead atoms. The van der Waals surface area contributed by atoms with Gasteiger partial charge in [0.1, 0.15) is 11.6 Å². The number of aliphatic hydroxyl groups excluding tert-OH is 1. The van der Waals surface area contributed by atoms with Crippen LogP contribution in [0.15, 0.2) is 0 Å². The van der Waals surface area contributed by atoms with Crippen LogP contribution in [0.3, 0.4) is 0 Å². The van der Waals surface area contributed by atoms with Crippen LogP contribution in [0.2, 0.25) is 0 Å². The number of likely N-dealkylation sites (tertiary alicyclic amines) is 1. The van der Waals surface area contributed by atoms with E-state index in [1.165, 1.54) is 7.11 Å². The van der Waals surface area contributed by atoms with Gasteiger partial charge in [-0.05, 0) is 12.8 Å². The third kappa shape index (κ3) is 4.16. The summed E-state index contributed by atoms with van der Waals surface area (Å²) >= 11 is 0. The minimum atomic E-state index is -0.962. The van der Waals surface area contributed by atoms with E-state index in [4.69, 9.17) is 0 Å². The van der Waals surface area contributed by atoms with E-state index in [0.29, 0.717) is 0 Å². The summed E-state index contributed by atoms with van der Waals surface area (Å²) in [6, 6.07) is 1.47. The van der Waals surface area contributed by atoms with E-state index in [9.17, 15) is 20.0 Å². The van der Waals surface area contributed by atoms with Gasteiger partial charge in [0.25, 0.3) is 0 Å². The molecule has 1 aliphatic rings. The van der Waals surface area contributed by atoms with Crippen molar-refractivity contribution in [3.8, 4) is 6.07 Å². The van der Waals surface area contributed by atoms with Gasteiger partial charge >= 0.3 is 5.97 Å². The molecule has 118 valence electrons. The summed E-state index contributed by atoms with van der Waals surface area (Å²) < 4.78 is 4.68. The van der Waals surface area contributed by atoms with Gasteiger partial charge in [-0.1, -0.05) is 13.8 Å². The molecule has 1 fully saturated rings. The van der Waals surface area contributed by atoms with Crippen molar-refractivity contribution in [3.63, 3.8) is 0 Å². The summed E-state index contributed by atoms with van der Waals surface area (Å²) in [5, 5.41) is 21.5. The van der Waals surface area contributed by atoms with E-state index in [-0.39, 0.29) is 31.3 Å². The molecule has 0 aromatic rings. The van der Waals surface area contributed by atoms with E-state index in [1.54, 1.807) is 11.8 Å². The molecule has 0 aliphatic carbocycles. The van der Waals surface area contributed by atoms with Crippen LogP contribution in [0, 0.1) is 17.2 Å². The smallest absolute Gasteiger partial charge is 0.323 e. The van der Waals surface area contributed by atoms with Crippen LogP contribution in [0.4, 0.5) is 0 Å². The number of rotatable bonds is 5. The number of β-amino-alcohol motifs (C(OH)–C–C–N with tert-alkyl or cyclic N) is 1. The van der Waals surface area contributed by atoms with Crippen LogP contribution in [0.5, 0.6) is 0 Å². The van der Waals surface area contributed by atoms with E-state index >= 15 is 0 Å². The highest BCUT2D eigenvalue weighted by Crippen LogP contribution is 2.19. The van der Waals surface area contributed by atoms with Crippen LogP contribution in [0.1, 0.15) is 27.2 Å². The van der Waals surface area contributed by atoms with Gasteiger partial charge in [-0.3, -0.25) is 14.5 Å². The number of nitrogens with zero attached hydrogens (tertiary/aromatic N) is 2. The van der Waals surface area contributed by atoms with Crippen molar-refractivity contribution in [1.82, 2.24) is 10.2 Å². The topological polar surface area (TPSA) is 103 Å². The van der Waals surface area contributed by atoms with Gasteiger partial charge in [0.2, 0.25) is 5.91 Å². The normalized spacial score (nSPS) is 25.2. The maximum atomic E-state index is 12.1. The summed E-state index contributed by atoms with van der Waals surface area (Å²) in [4.78, 5) is 25.3. The minimum absolute atomic E-state index is 0.0491. The number of carbonyl (C=O) groups is 2. The minimum Gasteiger partial charge on any atom is -0.468 e. The van der Waals surface area contributed by atoms with E-state index in [2.05, 4.69) is 16.1 Å². The highest BCUT2D eigenvalue weighted by Gasteiger charge is 2.38.